The van der Waals surface area contributed by atoms with Crippen LogP contribution < -0.4 is 5.32 Å². The van der Waals surface area contributed by atoms with Gasteiger partial charge in [0, 0.05) is 31.9 Å². The molecule has 0 unspecified atom stereocenters. The monoisotopic (exact) mass is 413 g/mol. The summed E-state index contributed by atoms with van der Waals surface area (Å²) in [5.41, 5.74) is 1.32. The molecule has 0 radical (unpaired) electrons. The Hall–Kier alpha value is -2.97. The average molecular weight is 413 g/mol. The maximum absolute atomic E-state index is 13.0. The molecule has 1 N–H and O–H groups in total. The first kappa shape index (κ1) is 20.8. The number of piperazine rings is 1. The van der Waals surface area contributed by atoms with E-state index in [0.29, 0.717) is 25.2 Å². The Morgan fingerprint density at radius 3 is 2.34 bits per heavy atom. The molecule has 0 aromatic heterocycles. The van der Waals surface area contributed by atoms with Crippen LogP contribution in [0.25, 0.3) is 0 Å². The molecule has 0 saturated carbocycles. The molecule has 0 atom stereocenters. The van der Waals surface area contributed by atoms with Crippen molar-refractivity contribution in [3.63, 3.8) is 0 Å². The van der Waals surface area contributed by atoms with Gasteiger partial charge >= 0.3 is 0 Å². The molecule has 29 heavy (non-hydrogen) atoms. The molecule has 7 nitrogen and oxygen atoms in total. The van der Waals surface area contributed by atoms with Crippen LogP contribution in [0, 0.1) is 0 Å². The molecule has 0 bridgehead atoms. The maximum Gasteiger partial charge on any atom is 0.247 e. The number of carbonyl (C=O) groups excluding carboxylic acids is 2. The Morgan fingerprint density at radius 1 is 1.00 bits per heavy atom. The van der Waals surface area contributed by atoms with E-state index in [1.54, 1.807) is 17.0 Å². The maximum atomic E-state index is 13.0. The molecule has 1 fully saturated rings. The van der Waals surface area contributed by atoms with Gasteiger partial charge in [-0.3, -0.25) is 9.59 Å². The number of sulfonamides is 1. The molecule has 1 aliphatic heterocycles. The molecular formula is C21H23N3O4S. The van der Waals surface area contributed by atoms with E-state index >= 15 is 0 Å². The van der Waals surface area contributed by atoms with Crippen LogP contribution >= 0.6 is 0 Å². The summed E-state index contributed by atoms with van der Waals surface area (Å²) in [6.07, 6.45) is 1.42. The van der Waals surface area contributed by atoms with Crippen LogP contribution in [0.5, 0.6) is 0 Å². The second-order valence-electron chi connectivity index (χ2n) is 6.67. The molecular weight excluding hydrogens is 390 g/mol. The van der Waals surface area contributed by atoms with Crippen LogP contribution in [0.2, 0.25) is 0 Å². The number of rotatable bonds is 6. The van der Waals surface area contributed by atoms with Crippen molar-refractivity contribution < 1.29 is 18.0 Å². The fraction of sp³-hybridized carbons (Fsp3) is 0.238. The van der Waals surface area contributed by atoms with Gasteiger partial charge in [0.15, 0.2) is 0 Å². The van der Waals surface area contributed by atoms with E-state index in [2.05, 4.69) is 11.9 Å². The van der Waals surface area contributed by atoms with Crippen molar-refractivity contribution in [1.82, 2.24) is 9.21 Å². The van der Waals surface area contributed by atoms with E-state index in [4.69, 9.17) is 0 Å². The van der Waals surface area contributed by atoms with E-state index in [-0.39, 0.29) is 23.9 Å². The fourth-order valence-electron chi connectivity index (χ4n) is 3.14. The number of benzene rings is 2. The highest BCUT2D eigenvalue weighted by molar-refractivity contribution is 7.89. The first-order valence-corrected chi connectivity index (χ1v) is 10.7. The summed E-state index contributed by atoms with van der Waals surface area (Å²) < 4.78 is 27.3. The number of hydrogen-bond donors (Lipinski definition) is 1. The summed E-state index contributed by atoms with van der Waals surface area (Å²) in [6.45, 7) is 4.52. The number of nitrogens with one attached hydrogen (secondary N) is 1. The van der Waals surface area contributed by atoms with Crippen molar-refractivity contribution in [1.29, 1.82) is 0 Å². The Bertz CT molecular complexity index is 998. The van der Waals surface area contributed by atoms with Crippen LogP contribution in [-0.4, -0.2) is 55.6 Å². The SMILES string of the molecule is C=CC(=O)Nc1cccc(S(=O)(=O)N2CCN(C(=O)Cc3ccccc3)CC2)c1. The minimum Gasteiger partial charge on any atom is -0.340 e. The third kappa shape index (κ3) is 5.10. The van der Waals surface area contributed by atoms with Crippen molar-refractivity contribution in [3.8, 4) is 0 Å². The van der Waals surface area contributed by atoms with Crippen molar-refractivity contribution >= 4 is 27.5 Å². The number of nitrogens with zero attached hydrogens (tertiary/aromatic N) is 2. The molecule has 3 rings (SSSR count). The summed E-state index contributed by atoms with van der Waals surface area (Å²) in [4.78, 5) is 25.7. The van der Waals surface area contributed by atoms with Crippen molar-refractivity contribution in [2.75, 3.05) is 31.5 Å². The minimum atomic E-state index is -3.72. The first-order chi connectivity index (χ1) is 13.9. The molecule has 2 aromatic rings. The van der Waals surface area contributed by atoms with Crippen LogP contribution in [0.3, 0.4) is 0 Å². The van der Waals surface area contributed by atoms with Crippen molar-refractivity contribution in [3.05, 3.63) is 72.8 Å². The van der Waals surface area contributed by atoms with Crippen molar-refractivity contribution in [2.45, 2.75) is 11.3 Å². The number of anilines is 1. The molecule has 0 aliphatic carbocycles. The van der Waals surface area contributed by atoms with Gasteiger partial charge in [0.25, 0.3) is 0 Å². The highest BCUT2D eigenvalue weighted by atomic mass is 32.2. The molecule has 2 aromatic carbocycles. The summed E-state index contributed by atoms with van der Waals surface area (Å²) in [5.74, 6) is -0.424. The first-order valence-electron chi connectivity index (χ1n) is 9.25. The Morgan fingerprint density at radius 2 is 1.69 bits per heavy atom. The van der Waals surface area contributed by atoms with Gasteiger partial charge in [-0.1, -0.05) is 43.0 Å². The molecule has 8 heteroatoms. The van der Waals surface area contributed by atoms with Gasteiger partial charge in [-0.25, -0.2) is 8.42 Å². The number of hydrogen-bond acceptors (Lipinski definition) is 4. The van der Waals surface area contributed by atoms with Gasteiger partial charge in [0.05, 0.1) is 11.3 Å². The zero-order valence-corrected chi connectivity index (χ0v) is 16.8. The van der Waals surface area contributed by atoms with Gasteiger partial charge in [0.1, 0.15) is 0 Å². The average Bonchev–Trinajstić information content (AvgIpc) is 2.74. The van der Waals surface area contributed by atoms with E-state index in [0.717, 1.165) is 11.6 Å². The lowest BCUT2D eigenvalue weighted by atomic mass is 10.1. The zero-order valence-electron chi connectivity index (χ0n) is 16.0. The van der Waals surface area contributed by atoms with E-state index in [9.17, 15) is 18.0 Å². The standard InChI is InChI=1S/C21H23N3O4S/c1-2-20(25)22-18-9-6-10-19(16-18)29(27,28)24-13-11-23(12-14-24)21(26)15-17-7-4-3-5-8-17/h2-10,16H,1,11-15H2,(H,22,25). The highest BCUT2D eigenvalue weighted by Gasteiger charge is 2.30. The number of amides is 2. The molecule has 1 saturated heterocycles. The highest BCUT2D eigenvalue weighted by Crippen LogP contribution is 2.21. The molecule has 1 heterocycles. The lowest BCUT2D eigenvalue weighted by molar-refractivity contribution is -0.131. The van der Waals surface area contributed by atoms with Crippen molar-refractivity contribution in [2.24, 2.45) is 0 Å². The van der Waals surface area contributed by atoms with Crippen LogP contribution in [-0.2, 0) is 26.0 Å². The second kappa shape index (κ2) is 9.02. The van der Waals surface area contributed by atoms with Gasteiger partial charge in [-0.15, -0.1) is 0 Å². The third-order valence-corrected chi connectivity index (χ3v) is 6.61. The van der Waals surface area contributed by atoms with Crippen LogP contribution in [0.15, 0.2) is 72.1 Å². The predicted molar refractivity (Wildman–Crippen MR) is 111 cm³/mol. The zero-order chi connectivity index (χ0) is 20.9. The fourth-order valence-corrected chi connectivity index (χ4v) is 4.61. The van der Waals surface area contributed by atoms with Crippen LogP contribution in [0.1, 0.15) is 5.56 Å². The number of carbonyl (C=O) groups is 2. The Balaban J connectivity index is 1.64. The van der Waals surface area contributed by atoms with Gasteiger partial charge < -0.3 is 10.2 Å². The molecule has 2 amide bonds. The quantitative estimate of drug-likeness (QED) is 0.733. The summed E-state index contributed by atoms with van der Waals surface area (Å²) in [5, 5.41) is 2.56. The van der Waals surface area contributed by atoms with E-state index in [1.165, 1.54) is 16.4 Å². The van der Waals surface area contributed by atoms with Crippen LogP contribution in [0.4, 0.5) is 5.69 Å². The minimum absolute atomic E-state index is 0.0117. The van der Waals surface area contributed by atoms with Gasteiger partial charge in [-0.2, -0.15) is 4.31 Å². The van der Waals surface area contributed by atoms with Gasteiger partial charge in [-0.05, 0) is 29.8 Å². The Kier molecular flexibility index (Phi) is 6.46. The third-order valence-electron chi connectivity index (χ3n) is 4.71. The van der Waals surface area contributed by atoms with Gasteiger partial charge in [0.2, 0.25) is 21.8 Å². The summed E-state index contributed by atoms with van der Waals surface area (Å²) in [6, 6.07) is 15.6. The second-order valence-corrected chi connectivity index (χ2v) is 8.61. The summed E-state index contributed by atoms with van der Waals surface area (Å²) in [7, 11) is -3.72. The van der Waals surface area contributed by atoms with E-state index < -0.39 is 15.9 Å². The largest absolute Gasteiger partial charge is 0.340 e. The molecule has 0 spiro atoms. The normalized spacial score (nSPS) is 15.0. The van der Waals surface area contributed by atoms with E-state index in [1.807, 2.05) is 30.3 Å². The lowest BCUT2D eigenvalue weighted by Gasteiger charge is -2.34. The molecule has 1 aliphatic rings. The topological polar surface area (TPSA) is 86.8 Å². The molecule has 152 valence electrons. The summed E-state index contributed by atoms with van der Waals surface area (Å²) >= 11 is 0. The smallest absolute Gasteiger partial charge is 0.247 e. The predicted octanol–water partition coefficient (Wildman–Crippen LogP) is 1.89. The lowest BCUT2D eigenvalue weighted by Crippen LogP contribution is -2.50. The Labute approximate surface area is 170 Å².